The number of carbonyl (C=O) groups excluding carboxylic acids is 1. The van der Waals surface area contributed by atoms with Gasteiger partial charge in [-0.15, -0.1) is 0 Å². The molecule has 0 spiro atoms. The van der Waals surface area contributed by atoms with Crippen LogP contribution < -0.4 is 0 Å². The van der Waals surface area contributed by atoms with E-state index in [4.69, 9.17) is 0 Å². The van der Waals surface area contributed by atoms with E-state index in [1.54, 1.807) is 10.7 Å². The molecule has 5 nitrogen and oxygen atoms in total. The minimum atomic E-state index is 0.670. The number of aromatic nitrogens is 3. The SMILES string of the molecule is C=C(C)N=C(C)/C=C\C.Cc1ncnn2cc(C=O)c(C)c12. The molecule has 116 valence electrons. The molecule has 0 aliphatic carbocycles. The third-order valence-corrected chi connectivity index (χ3v) is 2.95. The number of allylic oxidation sites excluding steroid dienone is 3. The van der Waals surface area contributed by atoms with Gasteiger partial charge in [0.2, 0.25) is 0 Å². The highest BCUT2D eigenvalue weighted by Crippen LogP contribution is 2.16. The van der Waals surface area contributed by atoms with Gasteiger partial charge in [0.05, 0.1) is 11.2 Å². The molecule has 0 bridgehead atoms. The average Bonchev–Trinajstić information content (AvgIpc) is 2.77. The fraction of sp³-hybridized carbons (Fsp3) is 0.294. The van der Waals surface area contributed by atoms with Gasteiger partial charge in [-0.3, -0.25) is 9.79 Å². The summed E-state index contributed by atoms with van der Waals surface area (Å²) in [7, 11) is 0. The predicted molar refractivity (Wildman–Crippen MR) is 90.6 cm³/mol. The van der Waals surface area contributed by atoms with E-state index in [2.05, 4.69) is 21.7 Å². The Bertz CT molecular complexity index is 738. The molecular formula is C17H22N4O. The van der Waals surface area contributed by atoms with Crippen LogP contribution in [-0.4, -0.2) is 26.6 Å². The van der Waals surface area contributed by atoms with Crippen LogP contribution in [-0.2, 0) is 0 Å². The largest absolute Gasteiger partial charge is 0.298 e. The topological polar surface area (TPSA) is 59.6 Å². The number of hydrogen-bond donors (Lipinski definition) is 0. The molecule has 2 aromatic rings. The zero-order valence-electron chi connectivity index (χ0n) is 13.8. The van der Waals surface area contributed by atoms with E-state index in [0.29, 0.717) is 5.56 Å². The van der Waals surface area contributed by atoms with E-state index < -0.39 is 0 Å². The molecule has 0 atom stereocenters. The summed E-state index contributed by atoms with van der Waals surface area (Å²) in [5.41, 5.74) is 5.28. The second-order valence-electron chi connectivity index (χ2n) is 4.95. The van der Waals surface area contributed by atoms with Crippen LogP contribution in [0.5, 0.6) is 0 Å². The second-order valence-corrected chi connectivity index (χ2v) is 4.95. The minimum absolute atomic E-state index is 0.670. The summed E-state index contributed by atoms with van der Waals surface area (Å²) >= 11 is 0. The van der Waals surface area contributed by atoms with Crippen molar-refractivity contribution >= 4 is 17.5 Å². The highest BCUT2D eigenvalue weighted by atomic mass is 16.1. The minimum Gasteiger partial charge on any atom is -0.298 e. The number of aldehydes is 1. The molecule has 0 saturated heterocycles. The Hall–Kier alpha value is -2.56. The molecule has 0 radical (unpaired) electrons. The number of aryl methyl sites for hydroxylation is 2. The van der Waals surface area contributed by atoms with Crippen LogP contribution in [0.2, 0.25) is 0 Å². The van der Waals surface area contributed by atoms with Gasteiger partial charge in [-0.1, -0.05) is 12.7 Å². The quantitative estimate of drug-likeness (QED) is 0.641. The summed E-state index contributed by atoms with van der Waals surface area (Å²) in [6, 6.07) is 0. The van der Waals surface area contributed by atoms with E-state index in [1.165, 1.54) is 6.33 Å². The van der Waals surface area contributed by atoms with Crippen molar-refractivity contribution in [3.8, 4) is 0 Å². The second kappa shape index (κ2) is 8.02. The van der Waals surface area contributed by atoms with Crippen molar-refractivity contribution in [2.24, 2.45) is 4.99 Å². The summed E-state index contributed by atoms with van der Waals surface area (Å²) in [5, 5.41) is 4.02. The number of aliphatic imine (C=N–C) groups is 1. The lowest BCUT2D eigenvalue weighted by atomic mass is 10.2. The molecule has 2 aromatic heterocycles. The van der Waals surface area contributed by atoms with E-state index in [-0.39, 0.29) is 0 Å². The van der Waals surface area contributed by atoms with Gasteiger partial charge in [-0.25, -0.2) is 9.50 Å². The molecule has 0 amide bonds. The van der Waals surface area contributed by atoms with Gasteiger partial charge in [-0.2, -0.15) is 5.10 Å². The number of fused-ring (bicyclic) bond motifs is 1. The molecule has 0 aliphatic heterocycles. The van der Waals surface area contributed by atoms with Gasteiger partial charge < -0.3 is 0 Å². The molecular weight excluding hydrogens is 276 g/mol. The van der Waals surface area contributed by atoms with Gasteiger partial charge in [0, 0.05) is 23.2 Å². The molecule has 0 aliphatic rings. The van der Waals surface area contributed by atoms with Crippen LogP contribution >= 0.6 is 0 Å². The Morgan fingerprint density at radius 2 is 2.05 bits per heavy atom. The smallest absolute Gasteiger partial charge is 0.151 e. The lowest BCUT2D eigenvalue weighted by Crippen LogP contribution is -1.94. The highest BCUT2D eigenvalue weighted by molar-refractivity contribution is 5.93. The Morgan fingerprint density at radius 3 is 2.55 bits per heavy atom. The molecule has 5 heteroatoms. The molecule has 0 unspecified atom stereocenters. The summed E-state index contributed by atoms with van der Waals surface area (Å²) in [6.07, 6.45) is 7.95. The zero-order chi connectivity index (χ0) is 16.7. The highest BCUT2D eigenvalue weighted by Gasteiger charge is 2.08. The number of nitrogens with zero attached hydrogens (tertiary/aromatic N) is 4. The predicted octanol–water partition coefficient (Wildman–Crippen LogP) is 3.72. The maximum Gasteiger partial charge on any atom is 0.151 e. The van der Waals surface area contributed by atoms with Crippen molar-refractivity contribution in [1.82, 2.24) is 14.6 Å². The van der Waals surface area contributed by atoms with Crippen LogP contribution in [0.1, 0.15) is 42.4 Å². The molecule has 2 rings (SSSR count). The van der Waals surface area contributed by atoms with Crippen molar-refractivity contribution in [3.05, 3.63) is 53.8 Å². The molecule has 0 aromatic carbocycles. The summed E-state index contributed by atoms with van der Waals surface area (Å²) in [5.74, 6) is 0. The average molecular weight is 298 g/mol. The van der Waals surface area contributed by atoms with Crippen molar-refractivity contribution in [2.75, 3.05) is 0 Å². The maximum absolute atomic E-state index is 10.6. The fourth-order valence-electron chi connectivity index (χ4n) is 2.06. The summed E-state index contributed by atoms with van der Waals surface area (Å²) in [6.45, 7) is 13.3. The first-order valence-electron chi connectivity index (χ1n) is 6.98. The van der Waals surface area contributed by atoms with Gasteiger partial charge in [-0.05, 0) is 46.3 Å². The van der Waals surface area contributed by atoms with E-state index in [9.17, 15) is 4.79 Å². The third-order valence-electron chi connectivity index (χ3n) is 2.95. The fourth-order valence-corrected chi connectivity index (χ4v) is 2.06. The van der Waals surface area contributed by atoms with Crippen LogP contribution in [0.25, 0.3) is 5.52 Å². The van der Waals surface area contributed by atoms with Crippen molar-refractivity contribution in [1.29, 1.82) is 0 Å². The van der Waals surface area contributed by atoms with Gasteiger partial charge in [0.25, 0.3) is 0 Å². The zero-order valence-corrected chi connectivity index (χ0v) is 13.8. The van der Waals surface area contributed by atoms with E-state index in [1.807, 2.05) is 46.8 Å². The molecule has 2 heterocycles. The van der Waals surface area contributed by atoms with Crippen LogP contribution in [0.3, 0.4) is 0 Å². The monoisotopic (exact) mass is 298 g/mol. The number of carbonyl (C=O) groups is 1. The molecule has 0 saturated carbocycles. The lowest BCUT2D eigenvalue weighted by molar-refractivity contribution is 0.112. The standard InChI is InChI=1S/C9H9N3O.C8H13N/c1-6-8(4-13)3-12-9(6)7(2)10-5-11-12;1-5-6-8(4)9-7(2)3/h3-5H,1-2H3;5-6H,2H2,1,3-4H3/b;6-5-,9-8?. The first-order chi connectivity index (χ1) is 10.4. The van der Waals surface area contributed by atoms with Crippen molar-refractivity contribution < 1.29 is 4.79 Å². The van der Waals surface area contributed by atoms with Gasteiger partial charge in [0.15, 0.2) is 6.29 Å². The Morgan fingerprint density at radius 1 is 1.36 bits per heavy atom. The van der Waals surface area contributed by atoms with Crippen molar-refractivity contribution in [2.45, 2.75) is 34.6 Å². The first-order valence-corrected chi connectivity index (χ1v) is 6.98. The Labute approximate surface area is 131 Å². The summed E-state index contributed by atoms with van der Waals surface area (Å²) < 4.78 is 1.68. The Kier molecular flexibility index (Phi) is 6.38. The Balaban J connectivity index is 0.000000239. The maximum atomic E-state index is 10.6. The van der Waals surface area contributed by atoms with E-state index in [0.717, 1.165) is 34.5 Å². The van der Waals surface area contributed by atoms with E-state index >= 15 is 0 Å². The van der Waals surface area contributed by atoms with Gasteiger partial charge in [0.1, 0.15) is 6.33 Å². The van der Waals surface area contributed by atoms with Gasteiger partial charge >= 0.3 is 0 Å². The summed E-state index contributed by atoms with van der Waals surface area (Å²) in [4.78, 5) is 18.8. The van der Waals surface area contributed by atoms with Crippen LogP contribution in [0, 0.1) is 13.8 Å². The first kappa shape index (κ1) is 17.5. The molecule has 0 N–H and O–H groups in total. The van der Waals surface area contributed by atoms with Crippen LogP contribution in [0.15, 0.2) is 41.9 Å². The van der Waals surface area contributed by atoms with Crippen LogP contribution in [0.4, 0.5) is 0 Å². The molecule has 0 fully saturated rings. The third kappa shape index (κ3) is 4.48. The number of rotatable bonds is 3. The number of hydrogen-bond acceptors (Lipinski definition) is 4. The van der Waals surface area contributed by atoms with Crippen molar-refractivity contribution in [3.63, 3.8) is 0 Å². The normalized spacial score (nSPS) is 11.4. The molecule has 22 heavy (non-hydrogen) atoms. The lowest BCUT2D eigenvalue weighted by Gasteiger charge is -1.96.